The van der Waals surface area contributed by atoms with Crippen LogP contribution in [0.5, 0.6) is 11.5 Å². The largest absolute Gasteiger partial charge is 0.457 e. The van der Waals surface area contributed by atoms with Crippen LogP contribution < -0.4 is 10.1 Å². The van der Waals surface area contributed by atoms with Gasteiger partial charge in [0, 0.05) is 17.1 Å². The summed E-state index contributed by atoms with van der Waals surface area (Å²) in [6, 6.07) is 7.31. The third-order valence-corrected chi connectivity index (χ3v) is 3.10. The quantitative estimate of drug-likeness (QED) is 0.794. The van der Waals surface area contributed by atoms with Gasteiger partial charge in [-0.3, -0.25) is 0 Å². The van der Waals surface area contributed by atoms with E-state index in [9.17, 15) is 17.6 Å². The molecule has 2 nitrogen and oxygen atoms in total. The lowest BCUT2D eigenvalue weighted by atomic mass is 10.1. The Labute approximate surface area is 129 Å². The van der Waals surface area contributed by atoms with Crippen molar-refractivity contribution in [1.29, 1.82) is 0 Å². The second-order valence-corrected chi connectivity index (χ2v) is 4.96. The van der Waals surface area contributed by atoms with Crippen molar-refractivity contribution >= 4 is 11.6 Å². The Balaban J connectivity index is 2.37. The molecule has 7 heteroatoms. The molecule has 0 radical (unpaired) electrons. The molecule has 1 N–H and O–H groups in total. The first kappa shape index (κ1) is 16.6. The van der Waals surface area contributed by atoms with Crippen LogP contribution in [0.4, 0.5) is 17.6 Å². The van der Waals surface area contributed by atoms with E-state index < -0.39 is 17.6 Å². The van der Waals surface area contributed by atoms with E-state index in [0.29, 0.717) is 28.9 Å². The molecular weight excluding hydrogens is 322 g/mol. The van der Waals surface area contributed by atoms with Crippen LogP contribution in [0.15, 0.2) is 36.4 Å². The van der Waals surface area contributed by atoms with E-state index in [0.717, 1.165) is 12.1 Å². The number of hydrogen-bond donors (Lipinski definition) is 1. The highest BCUT2D eigenvalue weighted by Crippen LogP contribution is 2.35. The summed E-state index contributed by atoms with van der Waals surface area (Å²) < 4.78 is 56.8. The van der Waals surface area contributed by atoms with Crippen LogP contribution in [-0.2, 0) is 12.7 Å². The van der Waals surface area contributed by atoms with E-state index in [4.69, 9.17) is 16.3 Å². The predicted molar refractivity (Wildman–Crippen MR) is 75.7 cm³/mol. The molecule has 0 atom stereocenters. The maximum atomic E-state index is 13.3. The lowest BCUT2D eigenvalue weighted by molar-refractivity contribution is -0.140. The van der Waals surface area contributed by atoms with Crippen molar-refractivity contribution < 1.29 is 22.3 Å². The molecule has 118 valence electrons. The van der Waals surface area contributed by atoms with E-state index in [-0.39, 0.29) is 5.75 Å². The van der Waals surface area contributed by atoms with Gasteiger partial charge in [-0.05, 0) is 37.4 Å². The molecular formula is C15H12ClF4NO. The van der Waals surface area contributed by atoms with Crippen LogP contribution in [0.3, 0.4) is 0 Å². The first-order valence-electron chi connectivity index (χ1n) is 6.29. The second-order valence-electron chi connectivity index (χ2n) is 4.52. The molecule has 0 unspecified atom stereocenters. The Bertz CT molecular complexity index is 673. The summed E-state index contributed by atoms with van der Waals surface area (Å²) in [7, 11) is 1.72. The summed E-state index contributed by atoms with van der Waals surface area (Å²) in [6.45, 7) is 0.444. The summed E-state index contributed by atoms with van der Waals surface area (Å²) in [4.78, 5) is 0. The van der Waals surface area contributed by atoms with Gasteiger partial charge in [0.1, 0.15) is 17.3 Å². The Hall–Kier alpha value is -1.79. The molecule has 0 amide bonds. The molecule has 22 heavy (non-hydrogen) atoms. The molecule has 2 rings (SSSR count). The zero-order valence-electron chi connectivity index (χ0n) is 11.5. The summed E-state index contributed by atoms with van der Waals surface area (Å²) in [5, 5.41) is 3.29. The number of alkyl halides is 3. The molecule has 0 aliphatic rings. The molecule has 0 spiro atoms. The molecule has 0 aliphatic heterocycles. The smallest absolute Gasteiger partial charge is 0.419 e. The van der Waals surface area contributed by atoms with Crippen LogP contribution in [0.1, 0.15) is 11.1 Å². The van der Waals surface area contributed by atoms with Crippen LogP contribution in [0.2, 0.25) is 5.02 Å². The maximum Gasteiger partial charge on any atom is 0.419 e. The predicted octanol–water partition coefficient (Wildman–Crippen LogP) is 5.01. The van der Waals surface area contributed by atoms with Crippen molar-refractivity contribution in [2.24, 2.45) is 0 Å². The van der Waals surface area contributed by atoms with Gasteiger partial charge in [-0.2, -0.15) is 13.2 Å². The first-order valence-corrected chi connectivity index (χ1v) is 6.66. The minimum Gasteiger partial charge on any atom is -0.457 e. The fourth-order valence-electron chi connectivity index (χ4n) is 1.87. The van der Waals surface area contributed by atoms with Crippen molar-refractivity contribution in [3.63, 3.8) is 0 Å². The summed E-state index contributed by atoms with van der Waals surface area (Å²) in [6.07, 6.45) is -4.79. The summed E-state index contributed by atoms with van der Waals surface area (Å²) in [5.74, 6) is -1.16. The molecule has 0 fully saturated rings. The minimum atomic E-state index is -4.79. The van der Waals surface area contributed by atoms with E-state index >= 15 is 0 Å². The van der Waals surface area contributed by atoms with Crippen molar-refractivity contribution in [2.75, 3.05) is 7.05 Å². The van der Waals surface area contributed by atoms with Gasteiger partial charge in [-0.15, -0.1) is 0 Å². The van der Waals surface area contributed by atoms with Gasteiger partial charge in [0.25, 0.3) is 0 Å². The maximum absolute atomic E-state index is 13.3. The Morgan fingerprint density at radius 1 is 1.14 bits per heavy atom. The zero-order valence-corrected chi connectivity index (χ0v) is 12.2. The third kappa shape index (κ3) is 3.90. The highest BCUT2D eigenvalue weighted by Gasteiger charge is 2.34. The first-order chi connectivity index (χ1) is 10.3. The van der Waals surface area contributed by atoms with E-state index in [1.54, 1.807) is 19.2 Å². The topological polar surface area (TPSA) is 21.3 Å². The van der Waals surface area contributed by atoms with Crippen LogP contribution in [0.25, 0.3) is 0 Å². The van der Waals surface area contributed by atoms with Gasteiger partial charge in [-0.25, -0.2) is 4.39 Å². The van der Waals surface area contributed by atoms with Gasteiger partial charge in [0.2, 0.25) is 0 Å². The SMILES string of the molecule is CNCc1ccc(Cl)cc1Oc1ccc(F)c(C(F)(F)F)c1. The molecule has 0 saturated carbocycles. The Morgan fingerprint density at radius 3 is 2.50 bits per heavy atom. The highest BCUT2D eigenvalue weighted by atomic mass is 35.5. The number of nitrogens with one attached hydrogen (secondary N) is 1. The van der Waals surface area contributed by atoms with E-state index in [1.165, 1.54) is 6.07 Å². The molecule has 0 aliphatic carbocycles. The monoisotopic (exact) mass is 333 g/mol. The average molecular weight is 334 g/mol. The lowest BCUT2D eigenvalue weighted by Gasteiger charge is -2.14. The molecule has 2 aromatic rings. The van der Waals surface area contributed by atoms with Gasteiger partial charge in [0.15, 0.2) is 0 Å². The van der Waals surface area contributed by atoms with E-state index in [1.807, 2.05) is 0 Å². The molecule has 2 aromatic carbocycles. The molecule has 0 aromatic heterocycles. The van der Waals surface area contributed by atoms with Crippen LogP contribution >= 0.6 is 11.6 Å². The molecule has 0 heterocycles. The third-order valence-electron chi connectivity index (χ3n) is 2.87. The minimum absolute atomic E-state index is 0.117. The highest BCUT2D eigenvalue weighted by molar-refractivity contribution is 6.30. The Kier molecular flexibility index (Phi) is 4.93. The number of halogens is 5. The number of benzene rings is 2. The summed E-state index contributed by atoms with van der Waals surface area (Å²) in [5.41, 5.74) is -0.660. The Morgan fingerprint density at radius 2 is 1.86 bits per heavy atom. The number of hydrogen-bond acceptors (Lipinski definition) is 2. The van der Waals surface area contributed by atoms with Gasteiger partial charge in [0.05, 0.1) is 5.56 Å². The van der Waals surface area contributed by atoms with E-state index in [2.05, 4.69) is 5.32 Å². The van der Waals surface area contributed by atoms with Gasteiger partial charge in [-0.1, -0.05) is 17.7 Å². The zero-order chi connectivity index (χ0) is 16.3. The second kappa shape index (κ2) is 6.54. The summed E-state index contributed by atoms with van der Waals surface area (Å²) >= 11 is 5.87. The van der Waals surface area contributed by atoms with Crippen LogP contribution in [0, 0.1) is 5.82 Å². The normalized spacial score (nSPS) is 11.5. The van der Waals surface area contributed by atoms with Crippen molar-refractivity contribution in [3.05, 3.63) is 58.4 Å². The lowest BCUT2D eigenvalue weighted by Crippen LogP contribution is -2.09. The number of rotatable bonds is 4. The molecule has 0 saturated heterocycles. The standard InChI is InChI=1S/C15H12ClF4NO/c1-21-8-9-2-3-10(16)6-14(9)22-11-4-5-13(17)12(7-11)15(18,19)20/h2-7,21H,8H2,1H3. The molecule has 0 bridgehead atoms. The van der Waals surface area contributed by atoms with Crippen molar-refractivity contribution in [3.8, 4) is 11.5 Å². The average Bonchev–Trinajstić information content (AvgIpc) is 2.43. The number of ether oxygens (including phenoxy) is 1. The fraction of sp³-hybridized carbons (Fsp3) is 0.200. The fourth-order valence-corrected chi connectivity index (χ4v) is 2.03. The van der Waals surface area contributed by atoms with Gasteiger partial charge >= 0.3 is 6.18 Å². The van der Waals surface area contributed by atoms with Crippen LogP contribution in [-0.4, -0.2) is 7.05 Å². The van der Waals surface area contributed by atoms with Crippen molar-refractivity contribution in [2.45, 2.75) is 12.7 Å². The van der Waals surface area contributed by atoms with Gasteiger partial charge < -0.3 is 10.1 Å². The van der Waals surface area contributed by atoms with Crippen molar-refractivity contribution in [1.82, 2.24) is 5.32 Å².